The standard InChI is InChI=1S/C33H38N4O6.C31H34N6O6.ClH/c1-3-22-23-16-21(43-32(40)36-14-10-20(11-15-36)35-12-6-5-7-13-35)8-9-27(23)34-29-24(22)18-37-28(29)17-26-25(30(37)38)19-42-31(39)33(26,41)4-2;1-4-6-7-11-36-17-33-21-9-8-10-22-26(21)28(36)18-14-37-23(27(18)34-22)12-20-19(29(37)40)16-42-30(41)31(20,5-2)43-25(39)15-35(3)24(38)13-32;/h8-9,16-17,20,41H,3-7,10-15,18-19H2,1-2H3;8-10,12,17H,4-7,11,13-16,32H2,1-3H3;1H/t33-;31-;/m00./s1. The summed E-state index contributed by atoms with van der Waals surface area (Å²) in [5.74, 6) is -2.31. The quantitative estimate of drug-likeness (QED) is 0.0655. The lowest BCUT2D eigenvalue weighted by molar-refractivity contribution is -0.190. The fourth-order valence-corrected chi connectivity index (χ4v) is 13.7. The van der Waals surface area contributed by atoms with Crippen LogP contribution < -0.4 is 26.5 Å². The summed E-state index contributed by atoms with van der Waals surface area (Å²) in [6.07, 6.45) is 11.3. The van der Waals surface area contributed by atoms with Crippen molar-refractivity contribution < 1.29 is 48.0 Å². The fourth-order valence-electron chi connectivity index (χ4n) is 13.7. The second-order valence-corrected chi connectivity index (χ2v) is 23.3. The van der Waals surface area contributed by atoms with Crippen LogP contribution in [-0.2, 0) is 77.3 Å². The van der Waals surface area contributed by atoms with Gasteiger partial charge in [-0.05, 0) is 112 Å². The number of likely N-dealkylation sites (N-methyl/N-ethyl adjacent to an activating group) is 1. The van der Waals surface area contributed by atoms with Gasteiger partial charge in [-0.3, -0.25) is 19.2 Å². The van der Waals surface area contributed by atoms with Crippen LogP contribution in [0.25, 0.3) is 44.6 Å². The van der Waals surface area contributed by atoms with Crippen molar-refractivity contribution in [1.29, 1.82) is 0 Å². The van der Waals surface area contributed by atoms with Crippen molar-refractivity contribution in [3.8, 4) is 28.5 Å². The van der Waals surface area contributed by atoms with Gasteiger partial charge in [0, 0.05) is 60.4 Å². The number of likely N-dealkylation sites (tertiary alicyclic amines) is 2. The van der Waals surface area contributed by atoms with E-state index in [1.165, 1.54) is 39.4 Å². The number of aromatic nitrogens is 4. The van der Waals surface area contributed by atoms with Gasteiger partial charge in [0.25, 0.3) is 11.1 Å². The average Bonchev–Trinajstić information content (AvgIpc) is 1.81. The van der Waals surface area contributed by atoms with E-state index >= 15 is 0 Å². The molecule has 13 rings (SSSR count). The minimum absolute atomic E-state index is 0. The Hall–Kier alpha value is -8.05. The molecule has 11 heterocycles. The van der Waals surface area contributed by atoms with Crippen molar-refractivity contribution >= 4 is 81.8 Å². The SMILES string of the molecule is CCCCCN1C=Nc2cccc3nc4c(c1c23)Cn1c-4cc2c(c1=O)COC(=O)[C@@]2(CC)OC(=O)CN(C)C(=O)CN.CCc1c2c(nc3ccc(OC(=O)N4CCC(N5CCCCC5)CC4)cc13)-c1cc3c(c(=O)n1C2)COC(=O)[C@]3(O)CC.Cl. The zero-order valence-corrected chi connectivity index (χ0v) is 50.6. The smallest absolute Gasteiger partial charge is 0.415 e. The molecule has 458 valence electrons. The minimum atomic E-state index is -1.86. The molecule has 0 unspecified atom stereocenters. The van der Waals surface area contributed by atoms with E-state index in [1.54, 1.807) is 41.2 Å². The number of aliphatic imine (C=N–C) groups is 1. The van der Waals surface area contributed by atoms with Crippen LogP contribution in [0.2, 0.25) is 0 Å². The summed E-state index contributed by atoms with van der Waals surface area (Å²) >= 11 is 0. The number of esters is 3. The zero-order chi connectivity index (χ0) is 60.3. The molecule has 4 aromatic heterocycles. The summed E-state index contributed by atoms with van der Waals surface area (Å²) in [5.41, 5.74) is 10.8. The molecule has 7 aliphatic rings. The van der Waals surface area contributed by atoms with E-state index in [0.29, 0.717) is 78.3 Å². The zero-order valence-electron chi connectivity index (χ0n) is 49.8. The predicted octanol–water partition coefficient (Wildman–Crippen LogP) is 7.23. The Labute approximate surface area is 508 Å². The van der Waals surface area contributed by atoms with Crippen molar-refractivity contribution in [3.05, 3.63) is 108 Å². The Kier molecular flexibility index (Phi) is 16.9. The van der Waals surface area contributed by atoms with Gasteiger partial charge < -0.3 is 58.5 Å². The average molecular weight is 1210 g/mol. The van der Waals surface area contributed by atoms with Gasteiger partial charge in [-0.15, -0.1) is 12.4 Å². The number of aliphatic hydroxyl groups is 1. The maximum Gasteiger partial charge on any atom is 0.415 e. The van der Waals surface area contributed by atoms with Crippen LogP contribution >= 0.6 is 12.4 Å². The number of halogens is 1. The van der Waals surface area contributed by atoms with Crippen LogP contribution in [0.3, 0.4) is 0 Å². The number of ether oxygens (including phenoxy) is 4. The lowest BCUT2D eigenvalue weighted by Crippen LogP contribution is -2.49. The number of nitrogens with two attached hydrogens (primary N) is 1. The van der Waals surface area contributed by atoms with Gasteiger partial charge >= 0.3 is 24.0 Å². The van der Waals surface area contributed by atoms with Gasteiger partial charge in [0.15, 0.2) is 5.60 Å². The van der Waals surface area contributed by atoms with Crippen LogP contribution in [0, 0.1) is 0 Å². The van der Waals surface area contributed by atoms with Crippen LogP contribution in [0.4, 0.5) is 16.2 Å². The highest BCUT2D eigenvalue weighted by atomic mass is 35.5. The summed E-state index contributed by atoms with van der Waals surface area (Å²) in [6.45, 7) is 11.6. The van der Waals surface area contributed by atoms with Crippen molar-refractivity contribution in [3.63, 3.8) is 0 Å². The number of piperidine rings is 2. The van der Waals surface area contributed by atoms with Gasteiger partial charge in [-0.2, -0.15) is 0 Å². The highest BCUT2D eigenvalue weighted by molar-refractivity contribution is 6.11. The van der Waals surface area contributed by atoms with Crippen LogP contribution in [0.1, 0.15) is 131 Å². The van der Waals surface area contributed by atoms with Gasteiger partial charge in [-0.1, -0.05) is 53.0 Å². The Bertz CT molecular complexity index is 3960. The van der Waals surface area contributed by atoms with Gasteiger partial charge in [0.1, 0.15) is 25.5 Å². The van der Waals surface area contributed by atoms with E-state index < -0.39 is 41.6 Å². The molecular formula is C64H73ClN10O12. The Balaban J connectivity index is 0.000000178. The molecule has 0 saturated carbocycles. The molecule has 22 nitrogen and oxygen atoms in total. The normalized spacial score (nSPS) is 19.8. The monoisotopic (exact) mass is 1210 g/mol. The summed E-state index contributed by atoms with van der Waals surface area (Å²) < 4.78 is 25.6. The predicted molar refractivity (Wildman–Crippen MR) is 327 cm³/mol. The summed E-state index contributed by atoms with van der Waals surface area (Å²) in [4.78, 5) is 114. The maximum absolute atomic E-state index is 14.0. The molecule has 2 atom stereocenters. The largest absolute Gasteiger partial charge is 0.458 e. The number of carbonyl (C=O) groups is 5. The Morgan fingerprint density at radius 2 is 1.45 bits per heavy atom. The third kappa shape index (κ3) is 10.4. The second kappa shape index (κ2) is 24.3. The molecule has 0 radical (unpaired) electrons. The first-order valence-electron chi connectivity index (χ1n) is 30.3. The van der Waals surface area contributed by atoms with E-state index in [9.17, 15) is 38.7 Å². The van der Waals surface area contributed by atoms with Crippen molar-refractivity contribution in [2.24, 2.45) is 10.7 Å². The molecule has 7 aliphatic heterocycles. The molecule has 2 fully saturated rings. The van der Waals surface area contributed by atoms with Gasteiger partial charge in [0.2, 0.25) is 11.5 Å². The first kappa shape index (κ1) is 60.6. The van der Waals surface area contributed by atoms with Crippen molar-refractivity contribution in [2.45, 2.75) is 142 Å². The molecule has 2 amide bonds. The number of amides is 2. The summed E-state index contributed by atoms with van der Waals surface area (Å²) in [6, 6.07) is 15.3. The Morgan fingerprint density at radius 3 is 2.13 bits per heavy atom. The lowest BCUT2D eigenvalue weighted by Gasteiger charge is -2.39. The number of unbranched alkanes of at least 4 members (excludes halogenated alkanes) is 2. The van der Waals surface area contributed by atoms with Gasteiger partial charge in [-0.25, -0.2) is 29.3 Å². The minimum Gasteiger partial charge on any atom is -0.458 e. The highest BCUT2D eigenvalue weighted by Crippen LogP contribution is 2.48. The highest BCUT2D eigenvalue weighted by Gasteiger charge is 2.51. The maximum atomic E-state index is 14.0. The van der Waals surface area contributed by atoms with E-state index in [4.69, 9.17) is 34.6 Å². The number of cyclic esters (lactones) is 2. The van der Waals surface area contributed by atoms with Crippen LogP contribution in [0.15, 0.2) is 63.1 Å². The number of carbonyl (C=O) groups excluding carboxylic acids is 5. The molecule has 0 bridgehead atoms. The van der Waals surface area contributed by atoms with Crippen molar-refractivity contribution in [2.75, 3.05) is 57.8 Å². The van der Waals surface area contributed by atoms with E-state index in [0.717, 1.165) is 93.4 Å². The van der Waals surface area contributed by atoms with Crippen LogP contribution in [0.5, 0.6) is 5.75 Å². The molecule has 0 spiro atoms. The Morgan fingerprint density at radius 1 is 0.782 bits per heavy atom. The topological polar surface area (TPSA) is 264 Å². The second-order valence-electron chi connectivity index (χ2n) is 23.3. The number of hydrogen-bond acceptors (Lipinski definition) is 18. The molecule has 2 saturated heterocycles. The molecule has 6 aromatic rings. The summed E-state index contributed by atoms with van der Waals surface area (Å²) in [7, 11) is 1.42. The third-order valence-corrected chi connectivity index (χ3v) is 18.5. The number of anilines is 1. The molecule has 0 aliphatic carbocycles. The first-order chi connectivity index (χ1) is 41.5. The molecule has 87 heavy (non-hydrogen) atoms. The molecule has 23 heteroatoms. The number of benzene rings is 2. The summed E-state index contributed by atoms with van der Waals surface area (Å²) in [5, 5.41) is 13.0. The van der Waals surface area contributed by atoms with E-state index in [2.05, 4.69) is 28.6 Å². The van der Waals surface area contributed by atoms with Crippen LogP contribution in [-0.4, -0.2) is 134 Å². The van der Waals surface area contributed by atoms with E-state index in [1.807, 2.05) is 41.6 Å². The number of fused-ring (bicyclic) bond motifs is 10. The lowest BCUT2D eigenvalue weighted by atomic mass is 9.85. The first-order valence-corrected chi connectivity index (χ1v) is 30.3. The number of nitrogens with zero attached hydrogens (tertiary/aromatic N) is 9. The third-order valence-electron chi connectivity index (χ3n) is 18.5. The molecule has 2 aromatic carbocycles. The number of rotatable bonds is 13. The molecule has 3 N–H and O–H groups in total. The number of aryl methyl sites for hydroxylation is 1. The number of hydrogen-bond donors (Lipinski definition) is 2. The van der Waals surface area contributed by atoms with Gasteiger partial charge in [0.05, 0.1) is 87.7 Å². The van der Waals surface area contributed by atoms with E-state index in [-0.39, 0.29) is 73.3 Å². The van der Waals surface area contributed by atoms with Crippen molar-refractivity contribution in [1.82, 2.24) is 33.8 Å². The fraction of sp³-hybridized carbons (Fsp3) is 0.469. The number of pyridine rings is 4. The molecular weight excluding hydrogens is 1140 g/mol.